The summed E-state index contributed by atoms with van der Waals surface area (Å²) in [5.74, 6) is 1.46. The van der Waals surface area contributed by atoms with Crippen molar-refractivity contribution >= 4 is 98.1 Å². The first-order valence-electron chi connectivity index (χ1n) is 21.0. The zero-order chi connectivity index (χ0) is 46.0. The Balaban J connectivity index is 0.000000300. The SMILES string of the molecule is C.C.C.Clc1nc(Cl)nc(Cl)n1.c1ccc(N(c2ccccc2)c2nc(N(c3ccccc3)c3ccccc3)nc(N(c3ccccc3)c3ccccc3)n2)cc1.c1ccc(Nc2ccccc2)cc1. The van der Waals surface area contributed by atoms with E-state index in [1.54, 1.807) is 0 Å². The van der Waals surface area contributed by atoms with Crippen molar-refractivity contribution in [3.63, 3.8) is 0 Å². The minimum absolute atomic E-state index is 0. The maximum Gasteiger partial charge on any atom is 0.241 e. The van der Waals surface area contributed by atoms with Crippen LogP contribution >= 0.6 is 34.8 Å². The zero-order valence-corrected chi connectivity index (χ0v) is 38.0. The topological polar surface area (TPSA) is 99.1 Å². The summed E-state index contributed by atoms with van der Waals surface area (Å²) in [7, 11) is 0. The van der Waals surface area contributed by atoms with E-state index >= 15 is 0 Å². The van der Waals surface area contributed by atoms with Gasteiger partial charge in [0.05, 0.1) is 0 Å². The minimum atomic E-state index is 0. The molecule has 352 valence electrons. The van der Waals surface area contributed by atoms with Crippen LogP contribution in [-0.2, 0) is 0 Å². The van der Waals surface area contributed by atoms with E-state index in [0.717, 1.165) is 45.5 Å². The van der Waals surface area contributed by atoms with Gasteiger partial charge in [-0.05, 0) is 132 Å². The third-order valence-electron chi connectivity index (χ3n) is 9.68. The van der Waals surface area contributed by atoms with E-state index in [2.05, 4.69) is 108 Å². The van der Waals surface area contributed by atoms with Gasteiger partial charge in [-0.1, -0.05) is 168 Å². The van der Waals surface area contributed by atoms with Crippen LogP contribution in [0.1, 0.15) is 22.3 Å². The van der Waals surface area contributed by atoms with Crippen LogP contribution in [0.3, 0.4) is 0 Å². The van der Waals surface area contributed by atoms with Crippen LogP contribution in [0, 0.1) is 0 Å². The van der Waals surface area contributed by atoms with Gasteiger partial charge in [0.15, 0.2) is 0 Å². The monoisotopic (exact) mass is 982 g/mol. The van der Waals surface area contributed by atoms with Crippen molar-refractivity contribution < 1.29 is 0 Å². The normalized spacial score (nSPS) is 9.87. The van der Waals surface area contributed by atoms with Crippen molar-refractivity contribution in [3.8, 4) is 0 Å². The Kier molecular flexibility index (Phi) is 20.4. The summed E-state index contributed by atoms with van der Waals surface area (Å²) >= 11 is 16.0. The number of para-hydroxylation sites is 8. The Bertz CT molecular complexity index is 2580. The first-order valence-corrected chi connectivity index (χ1v) is 22.2. The van der Waals surface area contributed by atoms with Crippen molar-refractivity contribution in [3.05, 3.63) is 259 Å². The van der Waals surface area contributed by atoms with Crippen LogP contribution in [-0.4, -0.2) is 29.9 Å². The van der Waals surface area contributed by atoms with Gasteiger partial charge in [0.25, 0.3) is 0 Å². The Morgan fingerprint density at radius 1 is 0.243 bits per heavy atom. The van der Waals surface area contributed by atoms with E-state index in [9.17, 15) is 0 Å². The summed E-state index contributed by atoms with van der Waals surface area (Å²) in [6.45, 7) is 0. The average Bonchev–Trinajstić information content (AvgIpc) is 3.37. The van der Waals surface area contributed by atoms with Crippen molar-refractivity contribution in [2.75, 3.05) is 20.0 Å². The van der Waals surface area contributed by atoms with Crippen LogP contribution in [0.4, 0.5) is 63.3 Å². The van der Waals surface area contributed by atoms with Crippen molar-refractivity contribution in [1.82, 2.24) is 29.9 Å². The summed E-state index contributed by atoms with van der Waals surface area (Å²) in [6.07, 6.45) is 0. The molecule has 0 aliphatic heterocycles. The Morgan fingerprint density at radius 3 is 0.600 bits per heavy atom. The maximum atomic E-state index is 5.32. The lowest BCUT2D eigenvalue weighted by molar-refractivity contribution is 0.962. The van der Waals surface area contributed by atoms with Crippen molar-refractivity contribution in [2.24, 2.45) is 0 Å². The molecule has 10 nitrogen and oxygen atoms in total. The molecule has 1 N–H and O–H groups in total. The Labute approximate surface area is 426 Å². The number of hydrogen-bond acceptors (Lipinski definition) is 10. The van der Waals surface area contributed by atoms with E-state index in [1.807, 2.05) is 170 Å². The second-order valence-electron chi connectivity index (χ2n) is 14.3. The van der Waals surface area contributed by atoms with Gasteiger partial charge < -0.3 is 5.32 Å². The summed E-state index contributed by atoms with van der Waals surface area (Å²) in [5.41, 5.74) is 7.84. The summed E-state index contributed by atoms with van der Waals surface area (Å²) in [4.78, 5) is 32.2. The lowest BCUT2D eigenvalue weighted by Crippen LogP contribution is -2.22. The standard InChI is InChI=1S/C39H30N6.C12H11N.C3Cl3N3.3CH4/c1-7-19-31(20-8-1)43(32-21-9-2-10-22-32)37-40-38(44(33-23-11-3-12-24-33)34-25-13-4-14-26-34)42-39(41-37)45(35-27-15-5-16-28-35)36-29-17-6-18-30-36;1-3-7-11(8-4-1)13-12-9-5-2-6-10-12;4-1-7-2(5)9-3(6)8-1;;;/h1-30H;1-10,13H;;3*1H4. The summed E-state index contributed by atoms with van der Waals surface area (Å²) in [6, 6.07) is 81.4. The molecule has 0 aliphatic rings. The number of halogens is 3. The van der Waals surface area contributed by atoms with Gasteiger partial charge in [0.1, 0.15) is 0 Å². The van der Waals surface area contributed by atoms with E-state index in [1.165, 1.54) is 0 Å². The fraction of sp³-hybridized carbons (Fsp3) is 0.0526. The third-order valence-corrected chi connectivity index (χ3v) is 10.2. The number of benzene rings is 8. The fourth-order valence-electron chi connectivity index (χ4n) is 6.76. The molecular formula is C57H53Cl3N10. The van der Waals surface area contributed by atoms with E-state index in [4.69, 9.17) is 49.8 Å². The Morgan fingerprint density at radius 2 is 0.414 bits per heavy atom. The molecule has 0 amide bonds. The molecule has 13 heteroatoms. The zero-order valence-electron chi connectivity index (χ0n) is 35.8. The highest BCUT2D eigenvalue weighted by molar-refractivity contribution is 6.33. The quantitative estimate of drug-likeness (QED) is 0.135. The number of aromatic nitrogens is 6. The lowest BCUT2D eigenvalue weighted by Gasteiger charge is -2.29. The molecule has 0 saturated heterocycles. The van der Waals surface area contributed by atoms with Gasteiger partial charge in [-0.15, -0.1) is 0 Å². The molecule has 0 spiro atoms. The van der Waals surface area contributed by atoms with Crippen LogP contribution in [0.15, 0.2) is 243 Å². The average molecular weight is 984 g/mol. The molecule has 0 bridgehead atoms. The van der Waals surface area contributed by atoms with Gasteiger partial charge in [-0.3, -0.25) is 14.7 Å². The summed E-state index contributed by atoms with van der Waals surface area (Å²) in [5, 5.41) is 3.30. The van der Waals surface area contributed by atoms with E-state index in [-0.39, 0.29) is 38.1 Å². The highest BCUT2D eigenvalue weighted by Gasteiger charge is 2.25. The predicted octanol–water partition coefficient (Wildman–Crippen LogP) is 17.5. The number of rotatable bonds is 11. The van der Waals surface area contributed by atoms with Gasteiger partial charge in [0.2, 0.25) is 33.7 Å². The first-order chi connectivity index (χ1) is 33.0. The molecule has 10 aromatic rings. The second kappa shape index (κ2) is 27.0. The van der Waals surface area contributed by atoms with Crippen LogP contribution in [0.2, 0.25) is 15.9 Å². The summed E-state index contributed by atoms with van der Waals surface area (Å²) < 4.78 is 0. The molecule has 8 aromatic carbocycles. The van der Waals surface area contributed by atoms with Crippen molar-refractivity contribution in [2.45, 2.75) is 22.3 Å². The molecule has 0 aliphatic carbocycles. The molecule has 0 saturated carbocycles. The van der Waals surface area contributed by atoms with Gasteiger partial charge in [-0.2, -0.15) is 29.9 Å². The van der Waals surface area contributed by atoms with Crippen LogP contribution < -0.4 is 20.0 Å². The molecule has 0 fully saturated rings. The molecule has 0 unspecified atom stereocenters. The highest BCUT2D eigenvalue weighted by atomic mass is 35.5. The molecule has 2 heterocycles. The van der Waals surface area contributed by atoms with Crippen LogP contribution in [0.5, 0.6) is 0 Å². The Hall–Kier alpha value is -8.15. The van der Waals surface area contributed by atoms with Gasteiger partial charge in [-0.25, -0.2) is 0 Å². The number of nitrogens with one attached hydrogen (secondary N) is 1. The number of hydrogen-bond donors (Lipinski definition) is 1. The molecule has 2 aromatic heterocycles. The predicted molar refractivity (Wildman–Crippen MR) is 295 cm³/mol. The number of nitrogens with zero attached hydrogens (tertiary/aromatic N) is 9. The van der Waals surface area contributed by atoms with Crippen molar-refractivity contribution in [1.29, 1.82) is 0 Å². The smallest absolute Gasteiger partial charge is 0.241 e. The first kappa shape index (κ1) is 52.8. The fourth-order valence-corrected chi connectivity index (χ4v) is 7.37. The molecular weight excluding hydrogens is 931 g/mol. The van der Waals surface area contributed by atoms with Gasteiger partial charge in [0, 0.05) is 45.5 Å². The second-order valence-corrected chi connectivity index (χ2v) is 15.3. The molecule has 0 radical (unpaired) electrons. The third kappa shape index (κ3) is 14.4. The van der Waals surface area contributed by atoms with E-state index < -0.39 is 0 Å². The minimum Gasteiger partial charge on any atom is -0.356 e. The van der Waals surface area contributed by atoms with E-state index in [0.29, 0.717) is 17.8 Å². The highest BCUT2D eigenvalue weighted by Crippen LogP contribution is 2.40. The molecule has 70 heavy (non-hydrogen) atoms. The van der Waals surface area contributed by atoms with Gasteiger partial charge >= 0.3 is 0 Å². The van der Waals surface area contributed by atoms with Crippen LogP contribution in [0.25, 0.3) is 0 Å². The molecule has 0 atom stereocenters. The number of anilines is 11. The maximum absolute atomic E-state index is 5.32. The largest absolute Gasteiger partial charge is 0.356 e. The lowest BCUT2D eigenvalue weighted by atomic mass is 10.2. The molecule has 10 rings (SSSR count).